The molecule has 0 N–H and O–H groups in total. The third-order valence-corrected chi connectivity index (χ3v) is 0.993. The van der Waals surface area contributed by atoms with Gasteiger partial charge in [-0.15, -0.1) is 0 Å². The number of hydrogen-bond acceptors (Lipinski definition) is 3. The molecule has 1 rings (SSSR count). The maximum absolute atomic E-state index is 9.95. The molecule has 48 valence electrons. The molecule has 0 aromatic rings. The normalized spacial score (nSPS) is 26.4. The van der Waals surface area contributed by atoms with Crippen molar-refractivity contribution in [3.8, 4) is 0 Å². The number of hydrogen-bond donors (Lipinski definition) is 0. The van der Waals surface area contributed by atoms with Crippen molar-refractivity contribution in [3.05, 3.63) is 0 Å². The van der Waals surface area contributed by atoms with Gasteiger partial charge >= 0.3 is 29.6 Å². The number of aldehydes is 1. The Morgan fingerprint density at radius 2 is 2.22 bits per heavy atom. The Morgan fingerprint density at radius 1 is 1.44 bits per heavy atom. The molecular weight excluding hydrogens is 131 g/mol. The van der Waals surface area contributed by atoms with E-state index in [9.17, 15) is 4.79 Å². The molecule has 9 heavy (non-hydrogen) atoms. The summed E-state index contributed by atoms with van der Waals surface area (Å²) in [4.78, 5) is 9.95. The van der Waals surface area contributed by atoms with Crippen molar-refractivity contribution in [1.29, 1.82) is 0 Å². The number of carbonyl (C=O) groups excluding carboxylic acids is 1. The molecule has 0 saturated carbocycles. The molecule has 1 atom stereocenters. The molecule has 0 amide bonds. The van der Waals surface area contributed by atoms with Gasteiger partial charge in [-0.05, 0) is 0 Å². The summed E-state index contributed by atoms with van der Waals surface area (Å²) in [5, 5.41) is 0. The van der Waals surface area contributed by atoms with Crippen LogP contribution in [0.2, 0.25) is 0 Å². The van der Waals surface area contributed by atoms with Crippen LogP contribution in [-0.4, -0.2) is 61.8 Å². The third-order valence-electron chi connectivity index (χ3n) is 0.993. The van der Waals surface area contributed by atoms with Crippen LogP contribution < -0.4 is 0 Å². The Labute approximate surface area is 76.0 Å². The van der Waals surface area contributed by atoms with Crippen LogP contribution in [-0.2, 0) is 14.3 Å². The summed E-state index contributed by atoms with van der Waals surface area (Å²) in [6.45, 7) is 1.58. The Morgan fingerprint density at radius 3 is 2.56 bits per heavy atom. The topological polar surface area (TPSA) is 35.5 Å². The SMILES string of the molecule is O=CC1COCCO1.[NaH]. The van der Waals surface area contributed by atoms with Crippen LogP contribution >= 0.6 is 0 Å². The molecular formula is C5H9NaO3. The molecule has 4 heteroatoms. The van der Waals surface area contributed by atoms with Crippen LogP contribution in [0, 0.1) is 0 Å². The van der Waals surface area contributed by atoms with Gasteiger partial charge in [-0.2, -0.15) is 0 Å². The standard InChI is InChI=1S/C5H8O3.Na.H/c6-3-5-4-7-1-2-8-5;;/h3,5H,1-2,4H2;;. The van der Waals surface area contributed by atoms with Gasteiger partial charge in [0.1, 0.15) is 6.10 Å². The molecule has 0 aromatic heterocycles. The summed E-state index contributed by atoms with van der Waals surface area (Å²) in [6, 6.07) is 0. The predicted octanol–water partition coefficient (Wildman–Crippen LogP) is -1.05. The van der Waals surface area contributed by atoms with Crippen molar-refractivity contribution >= 4 is 35.8 Å². The minimum absolute atomic E-state index is 0. The quantitative estimate of drug-likeness (QED) is 0.344. The summed E-state index contributed by atoms with van der Waals surface area (Å²) in [5.74, 6) is 0. The first-order chi connectivity index (χ1) is 3.93. The summed E-state index contributed by atoms with van der Waals surface area (Å²) in [5.41, 5.74) is 0. The molecule has 0 radical (unpaired) electrons. The Hall–Kier alpha value is 0.590. The number of ether oxygens (including phenoxy) is 2. The van der Waals surface area contributed by atoms with Gasteiger partial charge in [0, 0.05) is 0 Å². The second-order valence-corrected chi connectivity index (χ2v) is 1.62. The minimum atomic E-state index is -0.316. The Kier molecular flexibility index (Phi) is 5.73. The van der Waals surface area contributed by atoms with Crippen LogP contribution in [0.15, 0.2) is 0 Å². The van der Waals surface area contributed by atoms with E-state index >= 15 is 0 Å². The average molecular weight is 140 g/mol. The van der Waals surface area contributed by atoms with E-state index in [4.69, 9.17) is 9.47 Å². The molecule has 1 unspecified atom stereocenters. The maximum atomic E-state index is 9.95. The van der Waals surface area contributed by atoms with Crippen molar-refractivity contribution in [1.82, 2.24) is 0 Å². The van der Waals surface area contributed by atoms with Crippen LogP contribution in [0.1, 0.15) is 0 Å². The van der Waals surface area contributed by atoms with Gasteiger partial charge in [0.05, 0.1) is 19.8 Å². The van der Waals surface area contributed by atoms with Crippen LogP contribution in [0.25, 0.3) is 0 Å². The van der Waals surface area contributed by atoms with E-state index < -0.39 is 0 Å². The second-order valence-electron chi connectivity index (χ2n) is 1.62. The van der Waals surface area contributed by atoms with E-state index in [2.05, 4.69) is 0 Å². The van der Waals surface area contributed by atoms with Crippen molar-refractivity contribution in [3.63, 3.8) is 0 Å². The van der Waals surface area contributed by atoms with E-state index in [1.807, 2.05) is 0 Å². The van der Waals surface area contributed by atoms with Crippen LogP contribution in [0.3, 0.4) is 0 Å². The fraction of sp³-hybridized carbons (Fsp3) is 0.800. The molecule has 1 aliphatic heterocycles. The van der Waals surface area contributed by atoms with Crippen molar-refractivity contribution in [2.75, 3.05) is 19.8 Å². The van der Waals surface area contributed by atoms with E-state index in [1.54, 1.807) is 0 Å². The summed E-state index contributed by atoms with van der Waals surface area (Å²) >= 11 is 0. The van der Waals surface area contributed by atoms with Gasteiger partial charge in [-0.25, -0.2) is 0 Å². The Bertz CT molecular complexity index is 80.3. The number of rotatable bonds is 1. The van der Waals surface area contributed by atoms with Gasteiger partial charge in [0.25, 0.3) is 0 Å². The zero-order chi connectivity index (χ0) is 5.82. The van der Waals surface area contributed by atoms with Gasteiger partial charge < -0.3 is 14.3 Å². The van der Waals surface area contributed by atoms with E-state index in [0.717, 1.165) is 6.29 Å². The molecule has 1 saturated heterocycles. The van der Waals surface area contributed by atoms with Crippen LogP contribution in [0.4, 0.5) is 0 Å². The molecule has 0 aromatic carbocycles. The van der Waals surface area contributed by atoms with Gasteiger partial charge in [-0.1, -0.05) is 0 Å². The average Bonchev–Trinajstić information content (AvgIpc) is 1.90. The van der Waals surface area contributed by atoms with Crippen molar-refractivity contribution < 1.29 is 14.3 Å². The van der Waals surface area contributed by atoms with Crippen molar-refractivity contribution in [2.24, 2.45) is 0 Å². The van der Waals surface area contributed by atoms with Gasteiger partial charge in [-0.3, -0.25) is 0 Å². The summed E-state index contributed by atoms with van der Waals surface area (Å²) < 4.78 is 9.85. The zero-order valence-corrected chi connectivity index (χ0v) is 4.50. The molecule has 1 fully saturated rings. The summed E-state index contributed by atoms with van der Waals surface area (Å²) in [6.07, 6.45) is 0.447. The molecule has 0 spiro atoms. The first-order valence-electron chi connectivity index (χ1n) is 2.58. The first kappa shape index (κ1) is 9.59. The molecule has 0 bridgehead atoms. The van der Waals surface area contributed by atoms with Crippen molar-refractivity contribution in [2.45, 2.75) is 6.10 Å². The third kappa shape index (κ3) is 3.33. The van der Waals surface area contributed by atoms with E-state index in [1.165, 1.54) is 0 Å². The fourth-order valence-electron chi connectivity index (χ4n) is 0.585. The van der Waals surface area contributed by atoms with Gasteiger partial charge in [0.2, 0.25) is 0 Å². The first-order valence-corrected chi connectivity index (χ1v) is 2.58. The predicted molar refractivity (Wildman–Crippen MR) is 33.8 cm³/mol. The van der Waals surface area contributed by atoms with E-state index in [-0.39, 0.29) is 35.7 Å². The zero-order valence-electron chi connectivity index (χ0n) is 4.50. The second kappa shape index (κ2) is 5.38. The molecule has 1 heterocycles. The molecule has 0 aliphatic carbocycles. The fourth-order valence-corrected chi connectivity index (χ4v) is 0.585. The number of carbonyl (C=O) groups is 1. The van der Waals surface area contributed by atoms with Crippen LogP contribution in [0.5, 0.6) is 0 Å². The van der Waals surface area contributed by atoms with Gasteiger partial charge in [0.15, 0.2) is 6.29 Å². The monoisotopic (exact) mass is 140 g/mol. The Balaban J connectivity index is 0.000000640. The van der Waals surface area contributed by atoms with E-state index in [0.29, 0.717) is 19.8 Å². The molecule has 1 aliphatic rings. The summed E-state index contributed by atoms with van der Waals surface area (Å²) in [7, 11) is 0. The molecule has 3 nitrogen and oxygen atoms in total.